The van der Waals surface area contributed by atoms with Crippen LogP contribution in [-0.2, 0) is 28.6 Å². The van der Waals surface area contributed by atoms with Crippen molar-refractivity contribution < 1.29 is 28.6 Å². The minimum Gasteiger partial charge on any atom is -0.462 e. The molecule has 0 bridgehead atoms. The lowest BCUT2D eigenvalue weighted by atomic mass is 10.0. The first-order valence-corrected chi connectivity index (χ1v) is 29.1. The molecule has 69 heavy (non-hydrogen) atoms. The molecule has 0 rings (SSSR count). The van der Waals surface area contributed by atoms with Gasteiger partial charge in [-0.3, -0.25) is 14.4 Å². The van der Waals surface area contributed by atoms with Crippen LogP contribution in [0.4, 0.5) is 0 Å². The van der Waals surface area contributed by atoms with Crippen molar-refractivity contribution in [1.82, 2.24) is 0 Å². The van der Waals surface area contributed by atoms with E-state index in [4.69, 9.17) is 14.2 Å². The molecule has 0 N–H and O–H groups in total. The predicted molar refractivity (Wildman–Crippen MR) is 297 cm³/mol. The van der Waals surface area contributed by atoms with Gasteiger partial charge in [-0.1, -0.05) is 273 Å². The summed E-state index contributed by atoms with van der Waals surface area (Å²) in [5, 5.41) is 0. The molecule has 0 aromatic rings. The summed E-state index contributed by atoms with van der Waals surface area (Å²) in [6.45, 7) is 6.41. The van der Waals surface area contributed by atoms with E-state index in [1.165, 1.54) is 141 Å². The maximum atomic E-state index is 12.8. The molecule has 6 nitrogen and oxygen atoms in total. The van der Waals surface area contributed by atoms with E-state index in [0.717, 1.165) is 96.3 Å². The van der Waals surface area contributed by atoms with Gasteiger partial charge < -0.3 is 14.2 Å². The zero-order valence-corrected chi connectivity index (χ0v) is 45.3. The van der Waals surface area contributed by atoms with Gasteiger partial charge in [0.2, 0.25) is 0 Å². The molecule has 0 aliphatic carbocycles. The molecule has 0 spiro atoms. The molecule has 0 amide bonds. The Morgan fingerprint density at radius 1 is 0.319 bits per heavy atom. The first kappa shape index (κ1) is 65.6. The van der Waals surface area contributed by atoms with Crippen LogP contribution in [0.3, 0.4) is 0 Å². The third-order valence-electron chi connectivity index (χ3n) is 12.4. The van der Waals surface area contributed by atoms with Crippen LogP contribution in [0.5, 0.6) is 0 Å². The number of ether oxygens (including phenoxy) is 3. The predicted octanol–water partition coefficient (Wildman–Crippen LogP) is 19.5. The number of hydrogen-bond acceptors (Lipinski definition) is 6. The van der Waals surface area contributed by atoms with Gasteiger partial charge in [0.15, 0.2) is 6.10 Å². The third kappa shape index (κ3) is 55.4. The zero-order valence-electron chi connectivity index (χ0n) is 45.3. The fraction of sp³-hybridized carbons (Fsp3) is 0.730. The minimum absolute atomic E-state index is 0.0945. The first-order valence-electron chi connectivity index (χ1n) is 29.1. The van der Waals surface area contributed by atoms with Crippen LogP contribution in [-0.4, -0.2) is 37.2 Å². The monoisotopic (exact) mass is 961 g/mol. The van der Waals surface area contributed by atoms with Gasteiger partial charge in [0.25, 0.3) is 0 Å². The SMILES string of the molecule is CC/C=C\C/C=C\C/C=C\C/C=C\C/C=C\CC(=O)OC(COC(=O)CCCCCCC/C=C\C/C=C\CCCC)COC(=O)CCCCCCCCCCCCCCCCCCCCCCCC. The van der Waals surface area contributed by atoms with Gasteiger partial charge in [-0.2, -0.15) is 0 Å². The van der Waals surface area contributed by atoms with Gasteiger partial charge in [0.1, 0.15) is 13.2 Å². The Kier molecular flexibility index (Phi) is 54.3. The molecule has 0 aliphatic rings. The van der Waals surface area contributed by atoms with Crippen molar-refractivity contribution in [3.8, 4) is 0 Å². The standard InChI is InChI=1S/C63H108O6/c1-4-7-10-13-16-19-22-25-28-29-30-31-32-33-34-36-38-41-44-47-50-53-56-62(65)68-59-60(58-67-61(64)55-52-49-46-43-40-37-27-24-21-18-15-12-9-6-3)69-63(66)57-54-51-48-45-42-39-35-26-23-20-17-14-11-8-5-2/h8,11,15,17-18,20,24,26-27,35,42,45,51,54,60H,4-7,9-10,12-14,16,19,21-23,25,28-34,36-41,43-44,46-50,52-53,55-59H2,1-3H3/b11-8-,18-15-,20-17-,27-24-,35-26-,45-42-,54-51-. The van der Waals surface area contributed by atoms with Crippen molar-refractivity contribution in [1.29, 1.82) is 0 Å². The quantitative estimate of drug-likeness (QED) is 0.0262. The van der Waals surface area contributed by atoms with Crippen LogP contribution in [0.15, 0.2) is 85.1 Å². The molecule has 0 aromatic heterocycles. The molecule has 0 saturated heterocycles. The lowest BCUT2D eigenvalue weighted by molar-refractivity contribution is -0.166. The Balaban J connectivity index is 4.40. The van der Waals surface area contributed by atoms with Gasteiger partial charge in [-0.25, -0.2) is 0 Å². The van der Waals surface area contributed by atoms with Gasteiger partial charge in [0, 0.05) is 12.8 Å². The Bertz CT molecular complexity index is 1330. The van der Waals surface area contributed by atoms with Gasteiger partial charge in [0.05, 0.1) is 6.42 Å². The van der Waals surface area contributed by atoms with E-state index >= 15 is 0 Å². The molecule has 0 fully saturated rings. The van der Waals surface area contributed by atoms with E-state index in [-0.39, 0.29) is 31.6 Å². The molecule has 0 radical (unpaired) electrons. The number of esters is 3. The van der Waals surface area contributed by atoms with E-state index in [2.05, 4.69) is 93.7 Å². The average Bonchev–Trinajstić information content (AvgIpc) is 3.35. The minimum atomic E-state index is -0.836. The fourth-order valence-corrected chi connectivity index (χ4v) is 8.07. The van der Waals surface area contributed by atoms with E-state index in [1.54, 1.807) is 6.08 Å². The van der Waals surface area contributed by atoms with Crippen molar-refractivity contribution in [2.75, 3.05) is 13.2 Å². The van der Waals surface area contributed by atoms with Crippen LogP contribution < -0.4 is 0 Å². The first-order chi connectivity index (χ1) is 34.0. The lowest BCUT2D eigenvalue weighted by Gasteiger charge is -2.18. The van der Waals surface area contributed by atoms with E-state index < -0.39 is 12.1 Å². The van der Waals surface area contributed by atoms with Crippen molar-refractivity contribution in [3.63, 3.8) is 0 Å². The largest absolute Gasteiger partial charge is 0.462 e. The number of carbonyl (C=O) groups is 3. The van der Waals surface area contributed by atoms with Crippen LogP contribution >= 0.6 is 0 Å². The van der Waals surface area contributed by atoms with Crippen molar-refractivity contribution in [2.45, 2.75) is 284 Å². The summed E-state index contributed by atoms with van der Waals surface area (Å²) in [4.78, 5) is 38.1. The molecule has 0 saturated carbocycles. The molecular formula is C63H108O6. The number of hydrogen-bond donors (Lipinski definition) is 0. The molecule has 0 aromatic carbocycles. The van der Waals surface area contributed by atoms with Crippen LogP contribution in [0, 0.1) is 0 Å². The lowest BCUT2D eigenvalue weighted by Crippen LogP contribution is -2.30. The van der Waals surface area contributed by atoms with Crippen molar-refractivity contribution in [3.05, 3.63) is 85.1 Å². The number of allylic oxidation sites excluding steroid dienone is 13. The second kappa shape index (κ2) is 57.2. The van der Waals surface area contributed by atoms with Gasteiger partial charge in [-0.15, -0.1) is 0 Å². The summed E-state index contributed by atoms with van der Waals surface area (Å²) in [6.07, 6.45) is 74.7. The highest BCUT2D eigenvalue weighted by Gasteiger charge is 2.19. The second-order valence-corrected chi connectivity index (χ2v) is 19.2. The summed E-state index contributed by atoms with van der Waals surface area (Å²) in [5.74, 6) is -1.06. The normalized spacial score (nSPS) is 12.7. The smallest absolute Gasteiger partial charge is 0.310 e. The van der Waals surface area contributed by atoms with Crippen LogP contribution in [0.1, 0.15) is 278 Å². The molecule has 1 unspecified atom stereocenters. The number of rotatable bonds is 52. The molecule has 6 heteroatoms. The molecule has 1 atom stereocenters. The van der Waals surface area contributed by atoms with E-state index in [1.807, 2.05) is 6.08 Å². The third-order valence-corrected chi connectivity index (χ3v) is 12.4. The fourth-order valence-electron chi connectivity index (χ4n) is 8.07. The van der Waals surface area contributed by atoms with E-state index in [0.29, 0.717) is 12.8 Å². The molecule has 0 aliphatic heterocycles. The second-order valence-electron chi connectivity index (χ2n) is 19.2. The zero-order chi connectivity index (χ0) is 50.0. The van der Waals surface area contributed by atoms with Crippen LogP contribution in [0.2, 0.25) is 0 Å². The summed E-state index contributed by atoms with van der Waals surface area (Å²) in [7, 11) is 0. The Morgan fingerprint density at radius 2 is 0.623 bits per heavy atom. The topological polar surface area (TPSA) is 78.9 Å². The van der Waals surface area contributed by atoms with Crippen molar-refractivity contribution in [2.24, 2.45) is 0 Å². The maximum absolute atomic E-state index is 12.8. The van der Waals surface area contributed by atoms with Gasteiger partial charge in [-0.05, 0) is 70.6 Å². The summed E-state index contributed by atoms with van der Waals surface area (Å²) < 4.78 is 16.7. The highest BCUT2D eigenvalue weighted by atomic mass is 16.6. The van der Waals surface area contributed by atoms with Crippen LogP contribution in [0.25, 0.3) is 0 Å². The highest BCUT2D eigenvalue weighted by molar-refractivity contribution is 5.72. The summed E-state index contributed by atoms with van der Waals surface area (Å²) in [5.41, 5.74) is 0. The summed E-state index contributed by atoms with van der Waals surface area (Å²) >= 11 is 0. The Hall–Kier alpha value is -3.41. The van der Waals surface area contributed by atoms with Gasteiger partial charge >= 0.3 is 17.9 Å². The maximum Gasteiger partial charge on any atom is 0.310 e. The molecular weight excluding hydrogens is 853 g/mol. The average molecular weight is 962 g/mol. The number of unbranched alkanes of at least 4 members (excludes halogenated alkanes) is 28. The molecule has 396 valence electrons. The summed E-state index contributed by atoms with van der Waals surface area (Å²) in [6, 6.07) is 0. The Morgan fingerprint density at radius 3 is 1.00 bits per heavy atom. The van der Waals surface area contributed by atoms with Crippen molar-refractivity contribution >= 4 is 17.9 Å². The molecule has 0 heterocycles. The number of carbonyl (C=O) groups excluding carboxylic acids is 3. The highest BCUT2D eigenvalue weighted by Crippen LogP contribution is 2.16. The Labute approximate surface area is 426 Å². The van der Waals surface area contributed by atoms with E-state index in [9.17, 15) is 14.4 Å².